The summed E-state index contributed by atoms with van der Waals surface area (Å²) >= 11 is 0. The molecule has 1 aliphatic carbocycles. The maximum absolute atomic E-state index is 12.8. The van der Waals surface area contributed by atoms with Crippen LogP contribution in [0.2, 0.25) is 0 Å². The summed E-state index contributed by atoms with van der Waals surface area (Å²) in [6, 6.07) is 25.3. The smallest absolute Gasteiger partial charge is 0.412 e. The number of amides is 1. The highest BCUT2D eigenvalue weighted by Crippen LogP contribution is 2.49. The number of fused-ring (bicyclic) bond motifs is 1. The number of rotatable bonds is 8. The Labute approximate surface area is 224 Å². The Kier molecular flexibility index (Phi) is 6.15. The van der Waals surface area contributed by atoms with Crippen LogP contribution in [0, 0.1) is 6.92 Å². The Bertz CT molecular complexity index is 1630. The van der Waals surface area contributed by atoms with Gasteiger partial charge in [-0.1, -0.05) is 78.9 Å². The van der Waals surface area contributed by atoms with E-state index in [2.05, 4.69) is 10.3 Å². The van der Waals surface area contributed by atoms with Crippen LogP contribution in [0.1, 0.15) is 42.9 Å². The highest BCUT2D eigenvalue weighted by atomic mass is 16.6. The third kappa shape index (κ3) is 4.77. The lowest BCUT2D eigenvalue weighted by Gasteiger charge is -2.14. The molecule has 1 atom stereocenters. The molecule has 1 amide bonds. The van der Waals surface area contributed by atoms with Crippen molar-refractivity contribution in [2.75, 3.05) is 5.32 Å². The van der Waals surface area contributed by atoms with Crippen LogP contribution in [0.4, 0.5) is 10.5 Å². The maximum atomic E-state index is 12.8. The number of aryl methyl sites for hydroxylation is 1. The monoisotopic (exact) mass is 522 g/mol. The van der Waals surface area contributed by atoms with Crippen LogP contribution in [0.25, 0.3) is 33.7 Å². The number of hydrogen-bond acceptors (Lipinski definition) is 7. The summed E-state index contributed by atoms with van der Waals surface area (Å²) < 4.78 is 22.7. The number of carbonyl (C=O) groups is 2. The Hall–Kier alpha value is -4.85. The van der Waals surface area contributed by atoms with Crippen molar-refractivity contribution < 1.29 is 27.9 Å². The quantitative estimate of drug-likeness (QED) is 0.210. The van der Waals surface area contributed by atoms with Crippen molar-refractivity contribution in [2.45, 2.75) is 38.4 Å². The van der Waals surface area contributed by atoms with E-state index >= 15 is 0 Å². The van der Waals surface area contributed by atoms with Crippen LogP contribution in [-0.4, -0.2) is 17.5 Å². The molecule has 1 unspecified atom stereocenters. The summed E-state index contributed by atoms with van der Waals surface area (Å²) in [7, 11) is 0. The number of oxazole rings is 1. The maximum Gasteiger partial charge on any atom is 0.412 e. The molecule has 1 saturated carbocycles. The van der Waals surface area contributed by atoms with Crippen LogP contribution in [0.5, 0.6) is 0 Å². The highest BCUT2D eigenvalue weighted by molar-refractivity contribution is 6.01. The first-order valence-corrected chi connectivity index (χ1v) is 12.7. The SMILES string of the molecule is Cc1nc2oc(-c3ccc(-c4ccc(C5(OC=O)CC5)cc4)cc3)c(NC(=O)OC(C)c3ccccc3)c2o1. The average molecular weight is 523 g/mol. The minimum absolute atomic E-state index is 0.292. The number of hydrogen-bond donors (Lipinski definition) is 1. The van der Waals surface area contributed by atoms with Crippen molar-refractivity contribution in [3.8, 4) is 22.5 Å². The number of benzene rings is 3. The zero-order valence-corrected chi connectivity index (χ0v) is 21.5. The summed E-state index contributed by atoms with van der Waals surface area (Å²) in [4.78, 5) is 28.0. The van der Waals surface area contributed by atoms with Gasteiger partial charge in [-0.2, -0.15) is 4.98 Å². The van der Waals surface area contributed by atoms with Crippen molar-refractivity contribution in [2.24, 2.45) is 0 Å². The normalized spacial score (nSPS) is 14.5. The largest absolute Gasteiger partial charge is 0.456 e. The van der Waals surface area contributed by atoms with E-state index in [0.29, 0.717) is 35.1 Å². The Morgan fingerprint density at radius 1 is 0.949 bits per heavy atom. The molecule has 1 aliphatic rings. The molecule has 8 heteroatoms. The van der Waals surface area contributed by atoms with Gasteiger partial charge in [0.25, 0.3) is 12.2 Å². The molecule has 39 heavy (non-hydrogen) atoms. The zero-order chi connectivity index (χ0) is 27.0. The molecule has 1 fully saturated rings. The molecule has 0 saturated heterocycles. The molecule has 1 N–H and O–H groups in total. The molecule has 196 valence electrons. The molecule has 2 heterocycles. The number of ether oxygens (including phenoxy) is 2. The van der Waals surface area contributed by atoms with Crippen molar-refractivity contribution in [1.29, 1.82) is 0 Å². The van der Waals surface area contributed by atoms with Gasteiger partial charge in [0, 0.05) is 12.5 Å². The molecular formula is C31H26N2O6. The molecule has 0 bridgehead atoms. The molecule has 6 rings (SSSR count). The van der Waals surface area contributed by atoms with Crippen molar-refractivity contribution in [3.05, 3.63) is 95.9 Å². The van der Waals surface area contributed by atoms with Gasteiger partial charge in [0.1, 0.15) is 17.4 Å². The van der Waals surface area contributed by atoms with Gasteiger partial charge in [-0.3, -0.25) is 10.1 Å². The fourth-order valence-electron chi connectivity index (χ4n) is 4.75. The number of nitrogens with one attached hydrogen (secondary N) is 1. The first-order chi connectivity index (χ1) is 19.0. The second-order valence-corrected chi connectivity index (χ2v) is 9.62. The average Bonchev–Trinajstić information content (AvgIpc) is 3.55. The van der Waals surface area contributed by atoms with Crippen LogP contribution < -0.4 is 5.32 Å². The summed E-state index contributed by atoms with van der Waals surface area (Å²) in [5.74, 6) is 0.846. The lowest BCUT2D eigenvalue weighted by atomic mass is 9.99. The Balaban J connectivity index is 1.24. The van der Waals surface area contributed by atoms with Gasteiger partial charge >= 0.3 is 6.09 Å². The molecule has 0 spiro atoms. The van der Waals surface area contributed by atoms with Gasteiger partial charge in [0.2, 0.25) is 5.58 Å². The van der Waals surface area contributed by atoms with Crippen molar-refractivity contribution in [3.63, 3.8) is 0 Å². The van der Waals surface area contributed by atoms with E-state index in [1.54, 1.807) is 6.92 Å². The molecule has 5 aromatic rings. The number of nitrogens with zero attached hydrogens (tertiary/aromatic N) is 1. The molecule has 0 radical (unpaired) electrons. The molecule has 2 aromatic heterocycles. The third-order valence-electron chi connectivity index (χ3n) is 7.00. The highest BCUT2D eigenvalue weighted by Gasteiger charge is 2.46. The summed E-state index contributed by atoms with van der Waals surface area (Å²) in [6.07, 6.45) is 0.608. The van der Waals surface area contributed by atoms with Crippen LogP contribution in [0.15, 0.2) is 87.7 Å². The van der Waals surface area contributed by atoms with Gasteiger partial charge in [-0.15, -0.1) is 0 Å². The lowest BCUT2D eigenvalue weighted by molar-refractivity contribution is -0.136. The molecule has 3 aromatic carbocycles. The van der Waals surface area contributed by atoms with E-state index in [1.165, 1.54) is 0 Å². The van der Waals surface area contributed by atoms with Crippen LogP contribution in [-0.2, 0) is 19.9 Å². The standard InChI is InChI=1S/C31H26N2O6/c1-19(21-6-4-3-5-7-21)37-30(35)33-26-27(39-29-28(26)38-20(2)32-29)24-10-8-22(9-11-24)23-12-14-25(15-13-23)31(16-17-31)36-18-34/h3-15,18-19H,16-17H2,1-2H3,(H,33,35). The second kappa shape index (κ2) is 9.79. The second-order valence-electron chi connectivity index (χ2n) is 9.62. The van der Waals surface area contributed by atoms with Crippen LogP contribution >= 0.6 is 0 Å². The molecular weight excluding hydrogens is 496 g/mol. The van der Waals surface area contributed by atoms with Crippen molar-refractivity contribution >= 4 is 29.5 Å². The fraction of sp³-hybridized carbons (Fsp3) is 0.194. The Morgan fingerprint density at radius 2 is 1.59 bits per heavy atom. The molecule has 8 nitrogen and oxygen atoms in total. The minimum atomic E-state index is -0.631. The number of furan rings is 1. The first-order valence-electron chi connectivity index (χ1n) is 12.7. The summed E-state index contributed by atoms with van der Waals surface area (Å²) in [6.45, 7) is 4.05. The topological polar surface area (TPSA) is 104 Å². The van der Waals surface area contributed by atoms with E-state index in [9.17, 15) is 9.59 Å². The van der Waals surface area contributed by atoms with Gasteiger partial charge in [0.15, 0.2) is 11.7 Å². The zero-order valence-electron chi connectivity index (χ0n) is 21.5. The van der Waals surface area contributed by atoms with E-state index in [4.69, 9.17) is 18.3 Å². The fourth-order valence-corrected chi connectivity index (χ4v) is 4.75. The van der Waals surface area contributed by atoms with E-state index in [-0.39, 0.29) is 0 Å². The minimum Gasteiger partial charge on any atom is -0.456 e. The lowest BCUT2D eigenvalue weighted by Crippen LogP contribution is -2.16. The van der Waals surface area contributed by atoms with Gasteiger partial charge < -0.3 is 18.3 Å². The van der Waals surface area contributed by atoms with Gasteiger partial charge in [-0.25, -0.2) is 4.79 Å². The molecule has 0 aliphatic heterocycles. The first kappa shape index (κ1) is 24.5. The Morgan fingerprint density at radius 3 is 2.23 bits per heavy atom. The third-order valence-corrected chi connectivity index (χ3v) is 7.00. The predicted octanol–water partition coefficient (Wildman–Crippen LogP) is 7.54. The van der Waals surface area contributed by atoms with Gasteiger partial charge in [0.05, 0.1) is 0 Å². The summed E-state index contributed by atoms with van der Waals surface area (Å²) in [5, 5.41) is 2.80. The predicted molar refractivity (Wildman–Crippen MR) is 145 cm³/mol. The van der Waals surface area contributed by atoms with Crippen molar-refractivity contribution in [1.82, 2.24) is 4.98 Å². The number of aromatic nitrogens is 1. The van der Waals surface area contributed by atoms with Crippen LogP contribution in [0.3, 0.4) is 0 Å². The van der Waals surface area contributed by atoms with Gasteiger partial charge in [-0.05, 0) is 42.0 Å². The van der Waals surface area contributed by atoms with E-state index in [1.807, 2.05) is 85.8 Å². The summed E-state index contributed by atoms with van der Waals surface area (Å²) in [5.41, 5.74) is 5.18. The van der Waals surface area contributed by atoms with E-state index in [0.717, 1.165) is 40.7 Å². The number of carbonyl (C=O) groups excluding carboxylic acids is 2. The van der Waals surface area contributed by atoms with E-state index < -0.39 is 17.8 Å². The number of anilines is 1.